The Hall–Kier alpha value is -2.14. The minimum absolute atomic E-state index is 0.275. The maximum atomic E-state index is 13.0. The van der Waals surface area contributed by atoms with E-state index in [1.54, 1.807) is 12.1 Å². The second-order valence-electron chi connectivity index (χ2n) is 6.34. The zero-order chi connectivity index (χ0) is 16.4. The van der Waals surface area contributed by atoms with Gasteiger partial charge in [0.15, 0.2) is 0 Å². The van der Waals surface area contributed by atoms with Gasteiger partial charge in [-0.2, -0.15) is 0 Å². The minimum Gasteiger partial charge on any atom is -0.481 e. The van der Waals surface area contributed by atoms with E-state index in [1.807, 2.05) is 12.1 Å². The van der Waals surface area contributed by atoms with E-state index in [-0.39, 0.29) is 11.7 Å². The lowest BCUT2D eigenvalue weighted by Gasteiger charge is -2.34. The van der Waals surface area contributed by atoms with Crippen molar-refractivity contribution in [3.05, 3.63) is 48.0 Å². The molecule has 1 aliphatic rings. The van der Waals surface area contributed by atoms with Crippen molar-refractivity contribution in [2.45, 2.75) is 19.9 Å². The molecule has 1 aromatic carbocycles. The number of halogens is 1. The lowest BCUT2D eigenvalue weighted by atomic mass is 9.90. The smallest absolute Gasteiger partial charge is 0.307 e. The summed E-state index contributed by atoms with van der Waals surface area (Å²) >= 11 is 0. The van der Waals surface area contributed by atoms with E-state index in [0.717, 1.165) is 24.3 Å². The van der Waals surface area contributed by atoms with E-state index in [2.05, 4.69) is 11.8 Å². The highest BCUT2D eigenvalue weighted by Gasteiger charge is 2.29. The highest BCUT2D eigenvalue weighted by molar-refractivity contribution is 5.70. The van der Waals surface area contributed by atoms with Gasteiger partial charge in [-0.1, -0.05) is 6.92 Å². The molecule has 2 aromatic rings. The molecule has 4 nitrogen and oxygen atoms in total. The fraction of sp³-hybridized carbons (Fsp3) is 0.389. The average molecular weight is 317 g/mol. The quantitative estimate of drug-likeness (QED) is 0.935. The molecule has 1 fully saturated rings. The van der Waals surface area contributed by atoms with Crippen LogP contribution in [0.1, 0.15) is 19.1 Å². The van der Waals surface area contributed by atoms with Crippen molar-refractivity contribution < 1.29 is 18.7 Å². The Morgan fingerprint density at radius 2 is 2.00 bits per heavy atom. The number of hydrogen-bond acceptors (Lipinski definition) is 3. The monoisotopic (exact) mass is 317 g/mol. The Morgan fingerprint density at radius 3 is 2.70 bits per heavy atom. The van der Waals surface area contributed by atoms with Crippen molar-refractivity contribution in [3.8, 4) is 11.3 Å². The first kappa shape index (κ1) is 15.7. The van der Waals surface area contributed by atoms with Crippen LogP contribution in [-0.2, 0) is 11.3 Å². The van der Waals surface area contributed by atoms with Crippen LogP contribution in [0.3, 0.4) is 0 Å². The van der Waals surface area contributed by atoms with Gasteiger partial charge in [-0.25, -0.2) is 4.39 Å². The van der Waals surface area contributed by atoms with Crippen LogP contribution in [-0.4, -0.2) is 29.1 Å². The summed E-state index contributed by atoms with van der Waals surface area (Å²) in [6.45, 7) is 4.09. The predicted octanol–water partition coefficient (Wildman–Crippen LogP) is 3.63. The standard InChI is InChI=1S/C18H20FNO3/c1-12-8-14(18(21)22)10-20(9-12)11-16-6-7-17(23-16)13-2-4-15(19)5-3-13/h2-7,12,14H,8-11H2,1H3,(H,21,22). The Balaban J connectivity index is 1.69. The van der Waals surface area contributed by atoms with Crippen molar-refractivity contribution in [2.75, 3.05) is 13.1 Å². The molecule has 5 heteroatoms. The minimum atomic E-state index is -0.729. The van der Waals surface area contributed by atoms with Crippen molar-refractivity contribution in [1.82, 2.24) is 4.90 Å². The van der Waals surface area contributed by atoms with Gasteiger partial charge in [-0.05, 0) is 48.7 Å². The number of nitrogens with zero attached hydrogens (tertiary/aromatic N) is 1. The topological polar surface area (TPSA) is 53.7 Å². The number of benzene rings is 1. The summed E-state index contributed by atoms with van der Waals surface area (Å²) in [4.78, 5) is 13.4. The van der Waals surface area contributed by atoms with Crippen molar-refractivity contribution in [3.63, 3.8) is 0 Å². The van der Waals surface area contributed by atoms with Crippen LogP contribution in [0.15, 0.2) is 40.8 Å². The second kappa shape index (κ2) is 6.54. The average Bonchev–Trinajstić information content (AvgIpc) is 2.95. The molecule has 1 N–H and O–H groups in total. The maximum absolute atomic E-state index is 13.0. The number of likely N-dealkylation sites (tertiary alicyclic amines) is 1. The molecule has 2 heterocycles. The number of rotatable bonds is 4. The Labute approximate surface area is 134 Å². The molecule has 23 heavy (non-hydrogen) atoms. The second-order valence-corrected chi connectivity index (χ2v) is 6.34. The summed E-state index contributed by atoms with van der Waals surface area (Å²) in [6, 6.07) is 9.93. The zero-order valence-corrected chi connectivity index (χ0v) is 13.0. The number of furan rings is 1. The normalized spacial score (nSPS) is 22.2. The molecule has 1 aromatic heterocycles. The summed E-state index contributed by atoms with van der Waals surface area (Å²) in [6.07, 6.45) is 0.727. The number of carboxylic acid groups (broad SMARTS) is 1. The third-order valence-corrected chi connectivity index (χ3v) is 4.25. The number of hydrogen-bond donors (Lipinski definition) is 1. The third kappa shape index (κ3) is 3.79. The highest BCUT2D eigenvalue weighted by Crippen LogP contribution is 2.26. The summed E-state index contributed by atoms with van der Waals surface area (Å²) < 4.78 is 18.8. The van der Waals surface area contributed by atoms with E-state index in [9.17, 15) is 14.3 Å². The number of carboxylic acids is 1. The van der Waals surface area contributed by atoms with Gasteiger partial charge in [0.2, 0.25) is 0 Å². The molecular formula is C18H20FNO3. The number of carbonyl (C=O) groups is 1. The van der Waals surface area contributed by atoms with Gasteiger partial charge in [0.05, 0.1) is 12.5 Å². The van der Waals surface area contributed by atoms with Gasteiger partial charge < -0.3 is 9.52 Å². The first-order valence-electron chi connectivity index (χ1n) is 7.81. The van der Waals surface area contributed by atoms with Crippen LogP contribution in [0.4, 0.5) is 4.39 Å². The van der Waals surface area contributed by atoms with Gasteiger partial charge >= 0.3 is 5.97 Å². The van der Waals surface area contributed by atoms with Crippen LogP contribution in [0.2, 0.25) is 0 Å². The molecule has 1 saturated heterocycles. The van der Waals surface area contributed by atoms with Gasteiger partial charge in [0.1, 0.15) is 17.3 Å². The summed E-state index contributed by atoms with van der Waals surface area (Å²) in [5.41, 5.74) is 0.827. The molecule has 0 spiro atoms. The van der Waals surface area contributed by atoms with Crippen molar-refractivity contribution >= 4 is 5.97 Å². The number of piperidine rings is 1. The van der Waals surface area contributed by atoms with E-state index < -0.39 is 5.97 Å². The fourth-order valence-corrected chi connectivity index (χ4v) is 3.22. The first-order valence-corrected chi connectivity index (χ1v) is 7.81. The summed E-state index contributed by atoms with van der Waals surface area (Å²) in [5, 5.41) is 9.23. The summed E-state index contributed by atoms with van der Waals surface area (Å²) in [7, 11) is 0. The molecule has 1 aliphatic heterocycles. The molecule has 122 valence electrons. The first-order chi connectivity index (χ1) is 11.0. The molecule has 2 atom stereocenters. The molecule has 0 bridgehead atoms. The van der Waals surface area contributed by atoms with Crippen LogP contribution in [0.25, 0.3) is 11.3 Å². The lowest BCUT2D eigenvalue weighted by molar-refractivity contribution is -0.144. The van der Waals surface area contributed by atoms with Gasteiger partial charge in [-0.15, -0.1) is 0 Å². The Bertz CT molecular complexity index is 680. The maximum Gasteiger partial charge on any atom is 0.307 e. The SMILES string of the molecule is CC1CC(C(=O)O)CN(Cc2ccc(-c3ccc(F)cc3)o2)C1. The zero-order valence-electron chi connectivity index (χ0n) is 13.0. The van der Waals surface area contributed by atoms with Gasteiger partial charge in [0.25, 0.3) is 0 Å². The molecular weight excluding hydrogens is 297 g/mol. The predicted molar refractivity (Wildman–Crippen MR) is 84.3 cm³/mol. The van der Waals surface area contributed by atoms with Crippen molar-refractivity contribution in [1.29, 1.82) is 0 Å². The molecule has 0 saturated carbocycles. The lowest BCUT2D eigenvalue weighted by Crippen LogP contribution is -2.41. The van der Waals surface area contributed by atoms with E-state index >= 15 is 0 Å². The van der Waals surface area contributed by atoms with E-state index in [4.69, 9.17) is 4.42 Å². The molecule has 0 amide bonds. The van der Waals surface area contributed by atoms with Crippen LogP contribution < -0.4 is 0 Å². The third-order valence-electron chi connectivity index (χ3n) is 4.25. The highest BCUT2D eigenvalue weighted by atomic mass is 19.1. The van der Waals surface area contributed by atoms with Gasteiger partial charge in [-0.3, -0.25) is 9.69 Å². The Morgan fingerprint density at radius 1 is 1.26 bits per heavy atom. The number of aliphatic carboxylic acids is 1. The molecule has 0 radical (unpaired) electrons. The molecule has 0 aliphatic carbocycles. The van der Waals surface area contributed by atoms with Gasteiger partial charge in [0, 0.05) is 18.7 Å². The van der Waals surface area contributed by atoms with Crippen LogP contribution >= 0.6 is 0 Å². The molecule has 3 rings (SSSR count). The fourth-order valence-electron chi connectivity index (χ4n) is 3.22. The van der Waals surface area contributed by atoms with Crippen LogP contribution in [0, 0.1) is 17.7 Å². The van der Waals surface area contributed by atoms with E-state index in [0.29, 0.717) is 24.8 Å². The largest absolute Gasteiger partial charge is 0.481 e. The summed E-state index contributed by atoms with van der Waals surface area (Å²) in [5.74, 6) is 0.527. The van der Waals surface area contributed by atoms with Crippen LogP contribution in [0.5, 0.6) is 0 Å². The van der Waals surface area contributed by atoms with Crippen molar-refractivity contribution in [2.24, 2.45) is 11.8 Å². The molecule has 2 unspecified atom stereocenters. The van der Waals surface area contributed by atoms with E-state index in [1.165, 1.54) is 12.1 Å². The Kier molecular flexibility index (Phi) is 4.48.